The number of rotatable bonds is 7. The summed E-state index contributed by atoms with van der Waals surface area (Å²) in [5, 5.41) is 14.0. The summed E-state index contributed by atoms with van der Waals surface area (Å²) in [5.41, 5.74) is 1.23. The zero-order valence-electron chi connectivity index (χ0n) is 13.3. The second-order valence-corrected chi connectivity index (χ2v) is 5.69. The first kappa shape index (κ1) is 16.5. The van der Waals surface area contributed by atoms with Gasteiger partial charge in [-0.15, -0.1) is 0 Å². The zero-order valence-corrected chi connectivity index (χ0v) is 13.3. The summed E-state index contributed by atoms with van der Waals surface area (Å²) in [7, 11) is 0. The maximum Gasteiger partial charge on any atom is 0.255 e. The normalized spacial score (nSPS) is 12.8. The van der Waals surface area contributed by atoms with E-state index in [4.69, 9.17) is 4.74 Å². The fourth-order valence-corrected chi connectivity index (χ4v) is 2.35. The Morgan fingerprint density at radius 3 is 2.73 bits per heavy atom. The van der Waals surface area contributed by atoms with Gasteiger partial charge in [-0.3, -0.25) is 4.79 Å². The lowest BCUT2D eigenvalue weighted by Crippen LogP contribution is -2.35. The summed E-state index contributed by atoms with van der Waals surface area (Å²) in [6.07, 6.45) is -0.0410. The largest absolute Gasteiger partial charge is 0.490 e. The van der Waals surface area contributed by atoms with Gasteiger partial charge in [-0.1, -0.05) is 32.9 Å². The molecule has 1 unspecified atom stereocenters. The van der Waals surface area contributed by atoms with E-state index in [0.717, 1.165) is 10.9 Å². The van der Waals surface area contributed by atoms with Crippen LogP contribution >= 0.6 is 0 Å². The summed E-state index contributed by atoms with van der Waals surface area (Å²) in [5.74, 6) is 0.574. The van der Waals surface area contributed by atoms with Crippen molar-refractivity contribution in [3.63, 3.8) is 0 Å². The quantitative estimate of drug-likeness (QED) is 0.729. The molecule has 1 aromatic carbocycles. The maximum atomic E-state index is 12.1. The third kappa shape index (κ3) is 3.87. The van der Waals surface area contributed by atoms with Crippen molar-refractivity contribution < 1.29 is 9.84 Å². The van der Waals surface area contributed by atoms with Crippen molar-refractivity contribution in [3.05, 3.63) is 40.2 Å². The molecule has 22 heavy (non-hydrogen) atoms. The summed E-state index contributed by atoms with van der Waals surface area (Å²) in [6.45, 7) is 6.57. The predicted octanol–water partition coefficient (Wildman–Crippen LogP) is 1.83. The van der Waals surface area contributed by atoms with Gasteiger partial charge >= 0.3 is 0 Å². The minimum absolute atomic E-state index is 0.133. The molecule has 3 N–H and O–H groups in total. The molecular weight excluding hydrogens is 280 g/mol. The van der Waals surface area contributed by atoms with Crippen LogP contribution in [0.2, 0.25) is 0 Å². The van der Waals surface area contributed by atoms with Crippen LogP contribution in [0.5, 0.6) is 5.75 Å². The van der Waals surface area contributed by atoms with Gasteiger partial charge in [-0.25, -0.2) is 0 Å². The minimum atomic E-state index is -0.620. The van der Waals surface area contributed by atoms with E-state index >= 15 is 0 Å². The van der Waals surface area contributed by atoms with Crippen LogP contribution in [0.1, 0.15) is 26.3 Å². The fourth-order valence-electron chi connectivity index (χ4n) is 2.35. The average molecular weight is 304 g/mol. The number of nitrogens with one attached hydrogen (secondary N) is 2. The third-order valence-electron chi connectivity index (χ3n) is 3.50. The second-order valence-electron chi connectivity index (χ2n) is 5.69. The Labute approximate surface area is 130 Å². The summed E-state index contributed by atoms with van der Waals surface area (Å²) < 4.78 is 5.81. The molecule has 1 atom stereocenters. The fraction of sp³-hybridized carbons (Fsp3) is 0.471. The van der Waals surface area contributed by atoms with E-state index in [1.165, 1.54) is 0 Å². The Morgan fingerprint density at radius 2 is 2.05 bits per heavy atom. The average Bonchev–Trinajstić information content (AvgIpc) is 2.50. The van der Waals surface area contributed by atoms with Crippen LogP contribution in [-0.4, -0.2) is 35.4 Å². The molecule has 0 aliphatic carbocycles. The standard InChI is InChI=1S/C17H24N2O3/c1-4-13-16(22-10-12(20)9-18-11(2)3)14-7-5-6-8-15(14)19-17(13)21/h5-8,11-12,18,20H,4,9-10H2,1-3H3,(H,19,21). The summed E-state index contributed by atoms with van der Waals surface area (Å²) >= 11 is 0. The van der Waals surface area contributed by atoms with Gasteiger partial charge in [-0.05, 0) is 18.6 Å². The molecule has 2 rings (SSSR count). The number of pyridine rings is 1. The Morgan fingerprint density at radius 1 is 1.32 bits per heavy atom. The number of aromatic amines is 1. The van der Waals surface area contributed by atoms with Crippen molar-refractivity contribution >= 4 is 10.9 Å². The number of aromatic nitrogens is 1. The molecule has 0 aliphatic rings. The lowest BCUT2D eigenvalue weighted by molar-refractivity contribution is 0.105. The molecule has 0 saturated heterocycles. The zero-order chi connectivity index (χ0) is 16.1. The topological polar surface area (TPSA) is 74.3 Å². The van der Waals surface area contributed by atoms with Gasteiger partial charge in [0.25, 0.3) is 5.56 Å². The van der Waals surface area contributed by atoms with Crippen molar-refractivity contribution in [2.75, 3.05) is 13.2 Å². The molecule has 2 aromatic rings. The number of H-pyrrole nitrogens is 1. The molecule has 1 heterocycles. The Bertz CT molecular complexity index is 679. The van der Waals surface area contributed by atoms with Crippen molar-refractivity contribution in [2.45, 2.75) is 39.3 Å². The third-order valence-corrected chi connectivity index (χ3v) is 3.50. The lowest BCUT2D eigenvalue weighted by Gasteiger charge is -2.17. The summed E-state index contributed by atoms with van der Waals surface area (Å²) in [4.78, 5) is 15.0. The number of para-hydroxylation sites is 1. The number of ether oxygens (including phenoxy) is 1. The molecule has 0 aliphatic heterocycles. The van der Waals surface area contributed by atoms with E-state index in [0.29, 0.717) is 30.3 Å². The maximum absolute atomic E-state index is 12.1. The van der Waals surface area contributed by atoms with Gasteiger partial charge in [0.1, 0.15) is 18.5 Å². The van der Waals surface area contributed by atoms with Crippen LogP contribution in [0.3, 0.4) is 0 Å². The molecule has 0 amide bonds. The van der Waals surface area contributed by atoms with Crippen molar-refractivity contribution in [1.82, 2.24) is 10.3 Å². The van der Waals surface area contributed by atoms with Crippen LogP contribution in [0.4, 0.5) is 0 Å². The second kappa shape index (κ2) is 7.42. The molecule has 0 saturated carbocycles. The van der Waals surface area contributed by atoms with E-state index in [2.05, 4.69) is 10.3 Å². The molecule has 0 radical (unpaired) electrons. The number of benzene rings is 1. The van der Waals surface area contributed by atoms with Crippen molar-refractivity contribution in [2.24, 2.45) is 0 Å². The minimum Gasteiger partial charge on any atom is -0.490 e. The molecule has 120 valence electrons. The van der Waals surface area contributed by atoms with Crippen LogP contribution in [0, 0.1) is 0 Å². The van der Waals surface area contributed by atoms with E-state index in [-0.39, 0.29) is 12.2 Å². The van der Waals surface area contributed by atoms with Crippen LogP contribution in [0.15, 0.2) is 29.1 Å². The predicted molar refractivity (Wildman–Crippen MR) is 88.6 cm³/mol. The van der Waals surface area contributed by atoms with Gasteiger partial charge in [0.15, 0.2) is 0 Å². The summed E-state index contributed by atoms with van der Waals surface area (Å²) in [6, 6.07) is 7.85. The van der Waals surface area contributed by atoms with E-state index in [1.807, 2.05) is 45.0 Å². The first-order valence-electron chi connectivity index (χ1n) is 7.71. The molecule has 0 fully saturated rings. The number of hydrogen-bond acceptors (Lipinski definition) is 4. The first-order valence-corrected chi connectivity index (χ1v) is 7.71. The van der Waals surface area contributed by atoms with Gasteiger partial charge in [0.2, 0.25) is 0 Å². The van der Waals surface area contributed by atoms with Gasteiger partial charge in [-0.2, -0.15) is 0 Å². The number of aliphatic hydroxyl groups is 1. The molecule has 0 spiro atoms. The first-order chi connectivity index (χ1) is 10.5. The number of aliphatic hydroxyl groups excluding tert-OH is 1. The van der Waals surface area contributed by atoms with Gasteiger partial charge in [0.05, 0.1) is 11.1 Å². The number of fused-ring (bicyclic) bond motifs is 1. The van der Waals surface area contributed by atoms with E-state index < -0.39 is 6.10 Å². The van der Waals surface area contributed by atoms with Crippen LogP contribution in [0.25, 0.3) is 10.9 Å². The highest BCUT2D eigenvalue weighted by Gasteiger charge is 2.14. The van der Waals surface area contributed by atoms with Gasteiger partial charge in [0, 0.05) is 18.0 Å². The van der Waals surface area contributed by atoms with E-state index in [1.54, 1.807) is 0 Å². The molecule has 5 heteroatoms. The van der Waals surface area contributed by atoms with E-state index in [9.17, 15) is 9.90 Å². The Hall–Kier alpha value is -1.85. The smallest absolute Gasteiger partial charge is 0.255 e. The van der Waals surface area contributed by atoms with Crippen molar-refractivity contribution in [3.8, 4) is 5.75 Å². The Kier molecular flexibility index (Phi) is 5.57. The molecular formula is C17H24N2O3. The van der Waals surface area contributed by atoms with Crippen molar-refractivity contribution in [1.29, 1.82) is 0 Å². The highest BCUT2D eigenvalue weighted by molar-refractivity contribution is 5.86. The highest BCUT2D eigenvalue weighted by Crippen LogP contribution is 2.26. The Balaban J connectivity index is 2.24. The highest BCUT2D eigenvalue weighted by atomic mass is 16.5. The molecule has 5 nitrogen and oxygen atoms in total. The molecule has 0 bridgehead atoms. The van der Waals surface area contributed by atoms with Crippen LogP contribution < -0.4 is 15.6 Å². The van der Waals surface area contributed by atoms with Gasteiger partial charge < -0.3 is 20.1 Å². The van der Waals surface area contributed by atoms with Crippen LogP contribution in [-0.2, 0) is 6.42 Å². The number of hydrogen-bond donors (Lipinski definition) is 3. The molecule has 1 aromatic heterocycles. The lowest BCUT2D eigenvalue weighted by atomic mass is 10.1. The monoisotopic (exact) mass is 304 g/mol. The SMILES string of the molecule is CCc1c(OCC(O)CNC(C)C)c2ccccc2[nH]c1=O.